The molecule has 0 radical (unpaired) electrons. The summed E-state index contributed by atoms with van der Waals surface area (Å²) in [5.41, 5.74) is 0.600. The lowest BCUT2D eigenvalue weighted by Crippen LogP contribution is -2.49. The molecule has 1 aromatic heterocycles. The smallest absolute Gasteiger partial charge is 0.225 e. The van der Waals surface area contributed by atoms with Crippen molar-refractivity contribution < 1.29 is 9.59 Å². The number of hydrogen-bond donors (Lipinski definition) is 2. The van der Waals surface area contributed by atoms with Crippen molar-refractivity contribution in [3.05, 3.63) is 30.1 Å². The van der Waals surface area contributed by atoms with Gasteiger partial charge in [0.15, 0.2) is 0 Å². The van der Waals surface area contributed by atoms with Gasteiger partial charge in [0.1, 0.15) is 0 Å². The predicted molar refractivity (Wildman–Crippen MR) is 88.6 cm³/mol. The summed E-state index contributed by atoms with van der Waals surface area (Å²) in [4.78, 5) is 30.4. The van der Waals surface area contributed by atoms with Crippen LogP contribution in [0.3, 0.4) is 0 Å². The second kappa shape index (κ2) is 7.55. The van der Waals surface area contributed by atoms with E-state index in [0.29, 0.717) is 19.5 Å². The van der Waals surface area contributed by atoms with Crippen LogP contribution in [-0.2, 0) is 9.59 Å². The van der Waals surface area contributed by atoms with E-state index >= 15 is 0 Å². The number of nitrogens with one attached hydrogen (secondary N) is 2. The highest BCUT2D eigenvalue weighted by Gasteiger charge is 2.28. The molecule has 126 valence electrons. The molecule has 0 bridgehead atoms. The first-order valence-corrected chi connectivity index (χ1v) is 8.08. The summed E-state index contributed by atoms with van der Waals surface area (Å²) in [6.45, 7) is 8.14. The van der Waals surface area contributed by atoms with E-state index in [1.165, 1.54) is 0 Å². The van der Waals surface area contributed by atoms with Crippen molar-refractivity contribution >= 4 is 11.8 Å². The fraction of sp³-hybridized carbons (Fsp3) is 0.588. The fourth-order valence-corrected chi connectivity index (χ4v) is 2.57. The Morgan fingerprint density at radius 3 is 2.87 bits per heavy atom. The van der Waals surface area contributed by atoms with Gasteiger partial charge < -0.3 is 15.5 Å². The number of carbonyl (C=O) groups is 2. The van der Waals surface area contributed by atoms with Crippen LogP contribution in [0.2, 0.25) is 0 Å². The van der Waals surface area contributed by atoms with E-state index in [2.05, 4.69) is 15.6 Å². The fourth-order valence-electron chi connectivity index (χ4n) is 2.57. The van der Waals surface area contributed by atoms with Crippen molar-refractivity contribution in [3.8, 4) is 0 Å². The molecule has 2 N–H and O–H groups in total. The maximum absolute atomic E-state index is 12.5. The predicted octanol–water partition coefficient (Wildman–Crippen LogP) is 1.11. The number of rotatable bonds is 4. The Bertz CT molecular complexity index is 539. The first-order chi connectivity index (χ1) is 10.9. The Balaban J connectivity index is 1.93. The van der Waals surface area contributed by atoms with Gasteiger partial charge in [-0.05, 0) is 11.6 Å². The van der Waals surface area contributed by atoms with E-state index < -0.39 is 5.41 Å². The van der Waals surface area contributed by atoms with E-state index in [4.69, 9.17) is 0 Å². The number of piperazine rings is 1. The zero-order valence-electron chi connectivity index (χ0n) is 14.1. The summed E-state index contributed by atoms with van der Waals surface area (Å²) in [7, 11) is 0. The highest BCUT2D eigenvalue weighted by Crippen LogP contribution is 2.22. The quantitative estimate of drug-likeness (QED) is 0.872. The van der Waals surface area contributed by atoms with Gasteiger partial charge >= 0.3 is 0 Å². The van der Waals surface area contributed by atoms with E-state index in [9.17, 15) is 9.59 Å². The number of amides is 2. The van der Waals surface area contributed by atoms with Crippen LogP contribution >= 0.6 is 0 Å². The van der Waals surface area contributed by atoms with Crippen molar-refractivity contribution in [1.29, 1.82) is 0 Å². The van der Waals surface area contributed by atoms with Gasteiger partial charge in [0.25, 0.3) is 0 Å². The number of carbonyl (C=O) groups excluding carboxylic acids is 2. The second-order valence-electron chi connectivity index (χ2n) is 6.85. The molecule has 0 aliphatic carbocycles. The molecule has 6 heteroatoms. The largest absolute Gasteiger partial charge is 0.355 e. The maximum Gasteiger partial charge on any atom is 0.225 e. The zero-order valence-corrected chi connectivity index (χ0v) is 14.1. The first kappa shape index (κ1) is 17.4. The summed E-state index contributed by atoms with van der Waals surface area (Å²) in [6.07, 6.45) is 3.85. The van der Waals surface area contributed by atoms with Crippen LogP contribution in [0.25, 0.3) is 0 Å². The van der Waals surface area contributed by atoms with Gasteiger partial charge in [0, 0.05) is 50.4 Å². The molecule has 0 aromatic carbocycles. The first-order valence-electron chi connectivity index (χ1n) is 8.08. The average Bonchev–Trinajstić information content (AvgIpc) is 2.54. The highest BCUT2D eigenvalue weighted by molar-refractivity contribution is 5.82. The third-order valence-corrected chi connectivity index (χ3v) is 3.94. The summed E-state index contributed by atoms with van der Waals surface area (Å²) in [5, 5.41) is 6.15. The Morgan fingerprint density at radius 1 is 1.43 bits per heavy atom. The monoisotopic (exact) mass is 318 g/mol. The van der Waals surface area contributed by atoms with Crippen molar-refractivity contribution in [1.82, 2.24) is 20.5 Å². The summed E-state index contributed by atoms with van der Waals surface area (Å²) >= 11 is 0. The molecule has 0 spiro atoms. The molecule has 1 unspecified atom stereocenters. The molecule has 23 heavy (non-hydrogen) atoms. The summed E-state index contributed by atoms with van der Waals surface area (Å²) in [6, 6.07) is 3.88. The normalized spacial score (nSPS) is 18.6. The average molecular weight is 318 g/mol. The Morgan fingerprint density at radius 2 is 2.22 bits per heavy atom. The highest BCUT2D eigenvalue weighted by atomic mass is 16.2. The van der Waals surface area contributed by atoms with Crippen molar-refractivity contribution in [3.63, 3.8) is 0 Å². The molecule has 2 heterocycles. The lowest BCUT2D eigenvalue weighted by Gasteiger charge is -2.36. The number of aromatic nitrogens is 1. The Labute approximate surface area is 137 Å². The number of pyridine rings is 1. The van der Waals surface area contributed by atoms with Crippen molar-refractivity contribution in [2.75, 3.05) is 26.2 Å². The standard InChI is InChI=1S/C17H26N4O2/c1-17(2,3)16(23)20-8-6-15(22)21-10-9-19-12-14(21)13-5-4-7-18-11-13/h4-5,7,11,14,19H,6,8-10,12H2,1-3H3,(H,20,23). The molecule has 2 amide bonds. The maximum atomic E-state index is 12.5. The van der Waals surface area contributed by atoms with Gasteiger partial charge in [-0.2, -0.15) is 0 Å². The van der Waals surface area contributed by atoms with E-state index in [1.807, 2.05) is 37.8 Å². The van der Waals surface area contributed by atoms with Gasteiger partial charge in [0.2, 0.25) is 11.8 Å². The van der Waals surface area contributed by atoms with E-state index in [1.54, 1.807) is 12.4 Å². The SMILES string of the molecule is CC(C)(C)C(=O)NCCC(=O)N1CCNCC1c1cccnc1. The number of hydrogen-bond acceptors (Lipinski definition) is 4. The molecule has 1 aliphatic heterocycles. The minimum absolute atomic E-state index is 0.00303. The minimum atomic E-state index is -0.434. The molecule has 1 fully saturated rings. The van der Waals surface area contributed by atoms with Crippen LogP contribution < -0.4 is 10.6 Å². The van der Waals surface area contributed by atoms with Gasteiger partial charge in [-0.15, -0.1) is 0 Å². The second-order valence-corrected chi connectivity index (χ2v) is 6.85. The van der Waals surface area contributed by atoms with Crippen LogP contribution in [0.15, 0.2) is 24.5 Å². The van der Waals surface area contributed by atoms with Gasteiger partial charge in [-0.25, -0.2) is 0 Å². The van der Waals surface area contributed by atoms with Crippen molar-refractivity contribution in [2.45, 2.75) is 33.2 Å². The Kier molecular flexibility index (Phi) is 5.71. The summed E-state index contributed by atoms with van der Waals surface area (Å²) < 4.78 is 0. The number of nitrogens with zero attached hydrogens (tertiary/aromatic N) is 2. The van der Waals surface area contributed by atoms with Gasteiger partial charge in [-0.1, -0.05) is 26.8 Å². The lowest BCUT2D eigenvalue weighted by atomic mass is 9.96. The molecular weight excluding hydrogens is 292 g/mol. The molecule has 1 atom stereocenters. The molecule has 1 aliphatic rings. The van der Waals surface area contributed by atoms with E-state index in [-0.39, 0.29) is 17.9 Å². The van der Waals surface area contributed by atoms with Crippen LogP contribution in [0.4, 0.5) is 0 Å². The van der Waals surface area contributed by atoms with E-state index in [0.717, 1.165) is 18.7 Å². The third-order valence-electron chi connectivity index (χ3n) is 3.94. The molecule has 6 nitrogen and oxygen atoms in total. The summed E-state index contributed by atoms with van der Waals surface area (Å²) in [5.74, 6) is 0.0315. The van der Waals surface area contributed by atoms with Gasteiger partial charge in [0.05, 0.1) is 6.04 Å². The third kappa shape index (κ3) is 4.76. The van der Waals surface area contributed by atoms with Crippen molar-refractivity contribution in [2.24, 2.45) is 5.41 Å². The lowest BCUT2D eigenvalue weighted by molar-refractivity contribution is -0.134. The van der Waals surface area contributed by atoms with Crippen LogP contribution in [0.1, 0.15) is 38.8 Å². The molecule has 2 rings (SSSR count). The molecule has 0 saturated carbocycles. The zero-order chi connectivity index (χ0) is 16.9. The van der Waals surface area contributed by atoms with Crippen LogP contribution in [0, 0.1) is 5.41 Å². The van der Waals surface area contributed by atoms with Gasteiger partial charge in [-0.3, -0.25) is 14.6 Å². The minimum Gasteiger partial charge on any atom is -0.355 e. The Hall–Kier alpha value is -1.95. The molecular formula is C17H26N4O2. The molecule has 1 aromatic rings. The molecule has 1 saturated heterocycles. The topological polar surface area (TPSA) is 74.3 Å². The van der Waals surface area contributed by atoms with Crippen LogP contribution in [-0.4, -0.2) is 47.9 Å². The van der Waals surface area contributed by atoms with Crippen LogP contribution in [0.5, 0.6) is 0 Å².